The molecule has 0 saturated carbocycles. The Morgan fingerprint density at radius 3 is 3.00 bits per heavy atom. The molecule has 0 spiro atoms. The van der Waals surface area contributed by atoms with E-state index in [9.17, 15) is 0 Å². The van der Waals surface area contributed by atoms with Crippen molar-refractivity contribution in [2.45, 2.75) is 45.7 Å². The monoisotopic (exact) mass is 239 g/mol. The second-order valence-corrected chi connectivity index (χ2v) is 5.79. The Labute approximate surface area is 102 Å². The van der Waals surface area contributed by atoms with E-state index in [1.165, 1.54) is 41.4 Å². The Balaban J connectivity index is 1.84. The van der Waals surface area contributed by atoms with Crippen LogP contribution in [0.25, 0.3) is 0 Å². The van der Waals surface area contributed by atoms with Crippen molar-refractivity contribution in [3.63, 3.8) is 0 Å². The molecular weight excluding hydrogens is 218 g/mol. The fourth-order valence-electron chi connectivity index (χ4n) is 2.20. The minimum Gasteiger partial charge on any atom is -0.317 e. The summed E-state index contributed by atoms with van der Waals surface area (Å²) >= 11 is 1.82. The lowest BCUT2D eigenvalue weighted by molar-refractivity contribution is 0.470. The molecule has 90 valence electrons. The molecule has 1 fully saturated rings. The van der Waals surface area contributed by atoms with E-state index in [0.717, 1.165) is 13.1 Å². The molecular formula is C12H21N3S. The lowest BCUT2D eigenvalue weighted by atomic mass is 10.1. The maximum Gasteiger partial charge on any atom is 0.0900 e. The van der Waals surface area contributed by atoms with Gasteiger partial charge in [0.1, 0.15) is 0 Å². The molecule has 3 nitrogen and oxygen atoms in total. The third-order valence-electron chi connectivity index (χ3n) is 3.13. The van der Waals surface area contributed by atoms with Gasteiger partial charge in [-0.1, -0.05) is 0 Å². The zero-order valence-corrected chi connectivity index (χ0v) is 11.0. The number of nitrogens with zero attached hydrogens (tertiary/aromatic N) is 1. The number of nitrogens with one attached hydrogen (secondary N) is 2. The van der Waals surface area contributed by atoms with Gasteiger partial charge in [0.05, 0.1) is 10.7 Å². The van der Waals surface area contributed by atoms with E-state index in [0.29, 0.717) is 6.04 Å². The van der Waals surface area contributed by atoms with E-state index in [1.54, 1.807) is 0 Å². The van der Waals surface area contributed by atoms with E-state index in [-0.39, 0.29) is 0 Å². The molecule has 2 N–H and O–H groups in total. The van der Waals surface area contributed by atoms with Crippen LogP contribution in [0.2, 0.25) is 0 Å². The van der Waals surface area contributed by atoms with Gasteiger partial charge in [-0.05, 0) is 46.2 Å². The van der Waals surface area contributed by atoms with Crippen LogP contribution in [0.4, 0.5) is 0 Å². The molecule has 1 unspecified atom stereocenters. The minimum atomic E-state index is 0.678. The maximum absolute atomic E-state index is 4.46. The molecule has 0 bridgehead atoms. The van der Waals surface area contributed by atoms with Crippen molar-refractivity contribution < 1.29 is 0 Å². The molecule has 1 atom stereocenters. The van der Waals surface area contributed by atoms with Gasteiger partial charge in [-0.2, -0.15) is 0 Å². The molecule has 0 aromatic carbocycles. The van der Waals surface area contributed by atoms with Crippen molar-refractivity contribution in [1.29, 1.82) is 0 Å². The van der Waals surface area contributed by atoms with Crippen molar-refractivity contribution >= 4 is 11.3 Å². The van der Waals surface area contributed by atoms with Gasteiger partial charge in [0, 0.05) is 17.5 Å². The first kappa shape index (κ1) is 12.0. The Morgan fingerprint density at radius 1 is 1.38 bits per heavy atom. The first-order valence-electron chi connectivity index (χ1n) is 6.12. The van der Waals surface area contributed by atoms with E-state index >= 15 is 0 Å². The second kappa shape index (κ2) is 5.75. The Hall–Kier alpha value is -0.450. The predicted octanol–water partition coefficient (Wildman–Crippen LogP) is 1.99. The first-order valence-corrected chi connectivity index (χ1v) is 6.94. The largest absolute Gasteiger partial charge is 0.317 e. The fourth-order valence-corrected chi connectivity index (χ4v) is 3.09. The van der Waals surface area contributed by atoms with Crippen LogP contribution in [-0.2, 0) is 6.54 Å². The van der Waals surface area contributed by atoms with Gasteiger partial charge < -0.3 is 10.6 Å². The molecule has 2 heterocycles. The third-order valence-corrected chi connectivity index (χ3v) is 4.20. The third kappa shape index (κ3) is 3.27. The molecule has 1 saturated heterocycles. The molecule has 0 amide bonds. The quantitative estimate of drug-likeness (QED) is 0.847. The number of rotatable bonds is 3. The summed E-state index contributed by atoms with van der Waals surface area (Å²) in [5.41, 5.74) is 1.20. The van der Waals surface area contributed by atoms with E-state index in [2.05, 4.69) is 29.5 Å². The van der Waals surface area contributed by atoms with E-state index in [1.807, 2.05) is 11.3 Å². The number of hydrogen-bond donors (Lipinski definition) is 2. The average Bonchev–Trinajstić information content (AvgIpc) is 2.48. The molecule has 16 heavy (non-hydrogen) atoms. The molecule has 1 aromatic rings. The van der Waals surface area contributed by atoms with E-state index in [4.69, 9.17) is 0 Å². The van der Waals surface area contributed by atoms with Crippen LogP contribution in [0.5, 0.6) is 0 Å². The Morgan fingerprint density at radius 2 is 2.25 bits per heavy atom. The van der Waals surface area contributed by atoms with Crippen molar-refractivity contribution in [2.24, 2.45) is 0 Å². The predicted molar refractivity (Wildman–Crippen MR) is 68.9 cm³/mol. The summed E-state index contributed by atoms with van der Waals surface area (Å²) in [7, 11) is 0. The summed E-state index contributed by atoms with van der Waals surface area (Å²) in [6.45, 7) is 7.50. The number of thiazole rings is 1. The van der Waals surface area contributed by atoms with Gasteiger partial charge in [-0.25, -0.2) is 4.98 Å². The average molecular weight is 239 g/mol. The van der Waals surface area contributed by atoms with E-state index < -0.39 is 0 Å². The first-order chi connectivity index (χ1) is 7.75. The SMILES string of the molecule is Cc1nc(C)c(CNC2CCCNCC2)s1. The van der Waals surface area contributed by atoms with Gasteiger partial charge in [0.25, 0.3) is 0 Å². The van der Waals surface area contributed by atoms with Gasteiger partial charge in [-0.3, -0.25) is 0 Å². The molecule has 1 aromatic heterocycles. The van der Waals surface area contributed by atoms with Crippen molar-refractivity contribution in [3.8, 4) is 0 Å². The topological polar surface area (TPSA) is 37.0 Å². The second-order valence-electron chi connectivity index (χ2n) is 4.50. The van der Waals surface area contributed by atoms with Crippen molar-refractivity contribution in [2.75, 3.05) is 13.1 Å². The number of aryl methyl sites for hydroxylation is 2. The standard InChI is InChI=1S/C12H21N3S/c1-9-12(16-10(2)15-9)8-14-11-4-3-6-13-7-5-11/h11,13-14H,3-8H2,1-2H3. The van der Waals surface area contributed by atoms with Gasteiger partial charge in [0.2, 0.25) is 0 Å². The van der Waals surface area contributed by atoms with Crippen LogP contribution in [0.15, 0.2) is 0 Å². The zero-order chi connectivity index (χ0) is 11.4. The summed E-state index contributed by atoms with van der Waals surface area (Å²) < 4.78 is 0. The minimum absolute atomic E-state index is 0.678. The summed E-state index contributed by atoms with van der Waals surface area (Å²) in [4.78, 5) is 5.86. The summed E-state index contributed by atoms with van der Waals surface area (Å²) in [6.07, 6.45) is 3.83. The summed E-state index contributed by atoms with van der Waals surface area (Å²) in [6, 6.07) is 0.678. The van der Waals surface area contributed by atoms with Crippen LogP contribution in [0.3, 0.4) is 0 Å². The normalized spacial score (nSPS) is 22.0. The Kier molecular flexibility index (Phi) is 4.32. The summed E-state index contributed by atoms with van der Waals surface area (Å²) in [5, 5.41) is 8.28. The van der Waals surface area contributed by atoms with Gasteiger partial charge in [-0.15, -0.1) is 11.3 Å². The lowest BCUT2D eigenvalue weighted by Crippen LogP contribution is -2.29. The molecule has 1 aliphatic rings. The van der Waals surface area contributed by atoms with Crippen LogP contribution < -0.4 is 10.6 Å². The van der Waals surface area contributed by atoms with Crippen molar-refractivity contribution in [3.05, 3.63) is 15.6 Å². The highest BCUT2D eigenvalue weighted by Gasteiger charge is 2.12. The highest BCUT2D eigenvalue weighted by atomic mass is 32.1. The smallest absolute Gasteiger partial charge is 0.0900 e. The zero-order valence-electron chi connectivity index (χ0n) is 10.2. The highest BCUT2D eigenvalue weighted by Crippen LogP contribution is 2.17. The molecule has 0 radical (unpaired) electrons. The molecule has 4 heteroatoms. The Bertz CT molecular complexity index is 327. The van der Waals surface area contributed by atoms with Crippen LogP contribution >= 0.6 is 11.3 Å². The lowest BCUT2D eigenvalue weighted by Gasteiger charge is -2.15. The molecule has 1 aliphatic heterocycles. The van der Waals surface area contributed by atoms with Gasteiger partial charge in [0.15, 0.2) is 0 Å². The highest BCUT2D eigenvalue weighted by molar-refractivity contribution is 7.11. The summed E-state index contributed by atoms with van der Waals surface area (Å²) in [5.74, 6) is 0. The van der Waals surface area contributed by atoms with Crippen LogP contribution in [0.1, 0.15) is 34.8 Å². The molecule has 0 aliphatic carbocycles. The van der Waals surface area contributed by atoms with Crippen LogP contribution in [-0.4, -0.2) is 24.1 Å². The number of hydrogen-bond acceptors (Lipinski definition) is 4. The van der Waals surface area contributed by atoms with Crippen molar-refractivity contribution in [1.82, 2.24) is 15.6 Å². The maximum atomic E-state index is 4.46. The molecule has 2 rings (SSSR count). The number of aromatic nitrogens is 1. The van der Waals surface area contributed by atoms with Crippen LogP contribution in [0, 0.1) is 13.8 Å². The fraction of sp³-hybridized carbons (Fsp3) is 0.750. The van der Waals surface area contributed by atoms with Gasteiger partial charge >= 0.3 is 0 Å².